The number of pyridine rings is 1. The topological polar surface area (TPSA) is 116 Å². The minimum Gasteiger partial charge on any atom is -0.393 e. The molecule has 1 aliphatic heterocycles. The van der Waals surface area contributed by atoms with Crippen LogP contribution in [-0.4, -0.2) is 39.5 Å². The van der Waals surface area contributed by atoms with Crippen molar-refractivity contribution < 1.29 is 9.90 Å². The quantitative estimate of drug-likeness (QED) is 0.756. The fourth-order valence-corrected chi connectivity index (χ4v) is 6.58. The van der Waals surface area contributed by atoms with Crippen LogP contribution in [0.2, 0.25) is 0 Å². The Balaban J connectivity index is 1.60. The maximum absolute atomic E-state index is 14.3. The van der Waals surface area contributed by atoms with Crippen molar-refractivity contribution in [3.8, 4) is 6.07 Å². The Hall–Kier alpha value is -3.24. The first-order chi connectivity index (χ1) is 15.8. The molecule has 7 nitrogen and oxygen atoms in total. The normalized spacial score (nSPS) is 32.8. The Labute approximate surface area is 194 Å². The van der Waals surface area contributed by atoms with Gasteiger partial charge >= 0.3 is 0 Å². The largest absolute Gasteiger partial charge is 0.393 e. The van der Waals surface area contributed by atoms with Gasteiger partial charge in [-0.2, -0.15) is 5.26 Å². The van der Waals surface area contributed by atoms with E-state index in [1.54, 1.807) is 17.3 Å². The monoisotopic (exact) mass is 443 g/mol. The summed E-state index contributed by atoms with van der Waals surface area (Å²) < 4.78 is 0. The van der Waals surface area contributed by atoms with Crippen molar-refractivity contribution in [2.24, 2.45) is 28.0 Å². The summed E-state index contributed by atoms with van der Waals surface area (Å²) >= 11 is 0. The summed E-state index contributed by atoms with van der Waals surface area (Å²) in [4.78, 5) is 24.9. The van der Waals surface area contributed by atoms with E-state index >= 15 is 0 Å². The number of aliphatic hydroxyl groups is 1. The van der Waals surface area contributed by atoms with Crippen molar-refractivity contribution in [1.82, 2.24) is 9.88 Å². The number of nitrogens with two attached hydrogens (primary N) is 1. The summed E-state index contributed by atoms with van der Waals surface area (Å²) in [6.07, 6.45) is 5.75. The first kappa shape index (κ1) is 21.6. The summed E-state index contributed by atoms with van der Waals surface area (Å²) in [5.74, 6) is 0.185. The van der Waals surface area contributed by atoms with Crippen molar-refractivity contribution in [1.29, 1.82) is 5.26 Å². The molecule has 3 unspecified atom stereocenters. The molecule has 0 bridgehead atoms. The maximum atomic E-state index is 14.3. The highest BCUT2D eigenvalue weighted by molar-refractivity contribution is 6.08. The van der Waals surface area contributed by atoms with E-state index in [0.717, 1.165) is 16.7 Å². The molecular weight excluding hydrogens is 414 g/mol. The number of guanidine groups is 1. The fourth-order valence-electron chi connectivity index (χ4n) is 6.58. The lowest BCUT2D eigenvalue weighted by Gasteiger charge is -2.49. The average Bonchev–Trinajstić information content (AvgIpc) is 3.22. The molecule has 2 aliphatic carbocycles. The van der Waals surface area contributed by atoms with E-state index in [0.29, 0.717) is 37.8 Å². The molecule has 3 aliphatic rings. The number of hydrogen-bond donors (Lipinski definition) is 2. The number of carbonyl (C=O) groups is 1. The standard InChI is InChI=1S/C26H29N5O2/c1-16-12-25(13-17(2)22(16)32)14-20-4-3-19(15-27)11-21(20)26(25)23(33)31(24(28)30-26)10-7-18-5-8-29-9-6-18/h3-6,8-9,11,16-17,22,32H,7,10,12-14H2,1-2H3,(H2,28,30)/t16-,17+,22?,25?,26?. The van der Waals surface area contributed by atoms with Gasteiger partial charge in [-0.1, -0.05) is 19.9 Å². The van der Waals surface area contributed by atoms with Crippen LogP contribution in [-0.2, 0) is 23.2 Å². The Kier molecular flexibility index (Phi) is 5.02. The zero-order chi connectivity index (χ0) is 23.4. The number of rotatable bonds is 3. The molecule has 1 aromatic heterocycles. The van der Waals surface area contributed by atoms with Crippen LogP contribution in [0.15, 0.2) is 47.7 Å². The molecule has 0 saturated heterocycles. The van der Waals surface area contributed by atoms with E-state index in [-0.39, 0.29) is 23.7 Å². The lowest BCUT2D eigenvalue weighted by molar-refractivity contribution is -0.141. The summed E-state index contributed by atoms with van der Waals surface area (Å²) in [5.41, 5.74) is 8.23. The number of amides is 1. The number of carbonyl (C=O) groups excluding carboxylic acids is 1. The number of aromatic nitrogens is 1. The molecular formula is C26H29N5O2. The van der Waals surface area contributed by atoms with Crippen molar-refractivity contribution in [2.45, 2.75) is 51.2 Å². The number of aliphatic hydroxyl groups excluding tert-OH is 1. The lowest BCUT2D eigenvalue weighted by Crippen LogP contribution is -2.55. The molecule has 1 fully saturated rings. The van der Waals surface area contributed by atoms with Gasteiger partial charge in [0.25, 0.3) is 5.91 Å². The van der Waals surface area contributed by atoms with E-state index in [1.807, 2.05) is 44.2 Å². The van der Waals surface area contributed by atoms with Gasteiger partial charge < -0.3 is 10.8 Å². The highest BCUT2D eigenvalue weighted by atomic mass is 16.3. The molecule has 1 aromatic carbocycles. The molecule has 3 N–H and O–H groups in total. The predicted molar refractivity (Wildman–Crippen MR) is 124 cm³/mol. The molecule has 2 heterocycles. The van der Waals surface area contributed by atoms with Gasteiger partial charge in [-0.25, -0.2) is 4.99 Å². The van der Waals surface area contributed by atoms with Crippen LogP contribution < -0.4 is 5.73 Å². The van der Waals surface area contributed by atoms with Crippen molar-refractivity contribution in [3.63, 3.8) is 0 Å². The van der Waals surface area contributed by atoms with Crippen LogP contribution in [0.1, 0.15) is 48.9 Å². The molecule has 5 rings (SSSR count). The second kappa shape index (κ2) is 7.67. The Morgan fingerprint density at radius 3 is 2.58 bits per heavy atom. The fraction of sp³-hybridized carbons (Fsp3) is 0.462. The third-order valence-electron chi connectivity index (χ3n) is 8.00. The first-order valence-electron chi connectivity index (χ1n) is 11.6. The van der Waals surface area contributed by atoms with E-state index in [2.05, 4.69) is 11.1 Å². The van der Waals surface area contributed by atoms with E-state index in [1.165, 1.54) is 0 Å². The Bertz CT molecular complexity index is 1160. The summed E-state index contributed by atoms with van der Waals surface area (Å²) in [6, 6.07) is 11.7. The SMILES string of the molecule is C[C@@H]1CC2(Cc3ccc(C#N)cc3C23N=C(N)N(CCc2ccncc2)C3=O)C[C@H](C)C1O. The van der Waals surface area contributed by atoms with Gasteiger partial charge in [0.1, 0.15) is 0 Å². The van der Waals surface area contributed by atoms with Crippen LogP contribution >= 0.6 is 0 Å². The van der Waals surface area contributed by atoms with Crippen LogP contribution in [0.3, 0.4) is 0 Å². The molecule has 7 heteroatoms. The first-order valence-corrected chi connectivity index (χ1v) is 11.6. The number of benzene rings is 1. The van der Waals surface area contributed by atoms with Crippen LogP contribution in [0.5, 0.6) is 0 Å². The maximum Gasteiger partial charge on any atom is 0.262 e. The van der Waals surface area contributed by atoms with Crippen molar-refractivity contribution in [2.75, 3.05) is 6.54 Å². The van der Waals surface area contributed by atoms with Crippen LogP contribution in [0.25, 0.3) is 0 Å². The average molecular weight is 444 g/mol. The molecule has 33 heavy (non-hydrogen) atoms. The number of aliphatic imine (C=N–C) groups is 1. The third-order valence-corrected chi connectivity index (χ3v) is 8.00. The second-order valence-corrected chi connectivity index (χ2v) is 10.0. The number of nitriles is 1. The summed E-state index contributed by atoms with van der Waals surface area (Å²) in [6.45, 7) is 4.53. The highest BCUT2D eigenvalue weighted by Gasteiger charge is 2.68. The van der Waals surface area contributed by atoms with E-state index in [9.17, 15) is 15.2 Å². The van der Waals surface area contributed by atoms with Gasteiger partial charge in [-0.3, -0.25) is 14.7 Å². The van der Waals surface area contributed by atoms with Gasteiger partial charge in [0.2, 0.25) is 0 Å². The van der Waals surface area contributed by atoms with Crippen molar-refractivity contribution >= 4 is 11.9 Å². The predicted octanol–water partition coefficient (Wildman–Crippen LogP) is 2.52. The van der Waals surface area contributed by atoms with Gasteiger partial charge in [-0.15, -0.1) is 0 Å². The number of fused-ring (bicyclic) bond motifs is 3. The molecule has 1 saturated carbocycles. The Morgan fingerprint density at radius 2 is 1.91 bits per heavy atom. The van der Waals surface area contributed by atoms with Crippen molar-refractivity contribution in [3.05, 3.63) is 65.0 Å². The molecule has 5 atom stereocenters. The Morgan fingerprint density at radius 1 is 1.21 bits per heavy atom. The molecule has 170 valence electrons. The number of nitrogens with zero attached hydrogens (tertiary/aromatic N) is 4. The van der Waals surface area contributed by atoms with Crippen LogP contribution in [0, 0.1) is 28.6 Å². The zero-order valence-electron chi connectivity index (χ0n) is 19.0. The smallest absolute Gasteiger partial charge is 0.262 e. The highest BCUT2D eigenvalue weighted by Crippen LogP contribution is 2.63. The minimum atomic E-state index is -1.15. The third kappa shape index (κ3) is 3.08. The van der Waals surface area contributed by atoms with Gasteiger partial charge in [-0.05, 0) is 78.5 Å². The summed E-state index contributed by atoms with van der Waals surface area (Å²) in [7, 11) is 0. The van der Waals surface area contributed by atoms with Gasteiger partial charge in [0.05, 0.1) is 17.7 Å². The lowest BCUT2D eigenvalue weighted by atomic mass is 9.56. The van der Waals surface area contributed by atoms with Gasteiger partial charge in [0.15, 0.2) is 11.5 Å². The second-order valence-electron chi connectivity index (χ2n) is 10.0. The molecule has 2 spiro atoms. The molecule has 1 amide bonds. The molecule has 2 aromatic rings. The summed E-state index contributed by atoms with van der Waals surface area (Å²) in [5, 5.41) is 20.3. The van der Waals surface area contributed by atoms with E-state index in [4.69, 9.17) is 10.7 Å². The van der Waals surface area contributed by atoms with Crippen LogP contribution in [0.4, 0.5) is 0 Å². The van der Waals surface area contributed by atoms with Gasteiger partial charge in [0, 0.05) is 24.4 Å². The molecule has 0 radical (unpaired) electrons. The number of hydrogen-bond acceptors (Lipinski definition) is 6. The zero-order valence-corrected chi connectivity index (χ0v) is 19.0. The minimum absolute atomic E-state index is 0.0328. The van der Waals surface area contributed by atoms with E-state index < -0.39 is 17.1 Å².